The molecule has 0 aromatic carbocycles. The molecular formula is C12H21N3. The van der Waals surface area contributed by atoms with Crippen LogP contribution in [0.1, 0.15) is 25.5 Å². The van der Waals surface area contributed by atoms with Crippen LogP contribution in [0.25, 0.3) is 0 Å². The molecule has 0 aliphatic heterocycles. The molecule has 1 rings (SSSR count). The molecule has 1 N–H and O–H groups in total. The minimum Gasteiger partial charge on any atom is -0.309 e. The minimum absolute atomic E-state index is 0.385. The van der Waals surface area contributed by atoms with E-state index in [4.69, 9.17) is 0 Å². The largest absolute Gasteiger partial charge is 0.309 e. The summed E-state index contributed by atoms with van der Waals surface area (Å²) in [6, 6.07) is 5.04. The quantitative estimate of drug-likeness (QED) is 0.796. The molecule has 0 radical (unpaired) electrons. The molecule has 1 aromatic rings. The van der Waals surface area contributed by atoms with Crippen molar-refractivity contribution in [2.24, 2.45) is 0 Å². The van der Waals surface area contributed by atoms with Crippen molar-refractivity contribution in [1.82, 2.24) is 15.2 Å². The summed E-state index contributed by atoms with van der Waals surface area (Å²) in [7, 11) is 4.20. The van der Waals surface area contributed by atoms with Gasteiger partial charge in [-0.05, 0) is 45.6 Å². The highest BCUT2D eigenvalue weighted by atomic mass is 15.1. The topological polar surface area (TPSA) is 28.2 Å². The molecule has 3 heteroatoms. The lowest BCUT2D eigenvalue weighted by atomic mass is 10.1. The first kappa shape index (κ1) is 12.1. The summed E-state index contributed by atoms with van der Waals surface area (Å²) in [5.74, 6) is 0. The van der Waals surface area contributed by atoms with E-state index < -0.39 is 0 Å². The minimum atomic E-state index is 0.385. The molecule has 2 atom stereocenters. The van der Waals surface area contributed by atoms with Crippen LogP contribution in [0, 0.1) is 0 Å². The summed E-state index contributed by atoms with van der Waals surface area (Å²) >= 11 is 0. The van der Waals surface area contributed by atoms with Gasteiger partial charge in [-0.2, -0.15) is 0 Å². The zero-order chi connectivity index (χ0) is 11.3. The van der Waals surface area contributed by atoms with E-state index in [0.29, 0.717) is 12.1 Å². The number of pyridine rings is 1. The van der Waals surface area contributed by atoms with E-state index in [9.17, 15) is 0 Å². The molecule has 0 aliphatic rings. The van der Waals surface area contributed by atoms with E-state index in [0.717, 1.165) is 6.54 Å². The highest BCUT2D eigenvalue weighted by Gasteiger charge is 2.08. The predicted octanol–water partition coefficient (Wildman–Crippen LogP) is 1.68. The second-order valence-corrected chi connectivity index (χ2v) is 4.22. The smallest absolute Gasteiger partial charge is 0.0293 e. The SMILES string of the molecule is CC(NCC(C)N(C)C)c1ccncc1. The molecule has 0 saturated carbocycles. The fourth-order valence-electron chi connectivity index (χ4n) is 1.30. The van der Waals surface area contributed by atoms with E-state index >= 15 is 0 Å². The summed E-state index contributed by atoms with van der Waals surface area (Å²) in [5.41, 5.74) is 1.29. The molecule has 1 aromatic heterocycles. The van der Waals surface area contributed by atoms with E-state index in [2.05, 4.69) is 55.3 Å². The van der Waals surface area contributed by atoms with Crippen molar-refractivity contribution < 1.29 is 0 Å². The van der Waals surface area contributed by atoms with Gasteiger partial charge in [0.2, 0.25) is 0 Å². The number of rotatable bonds is 5. The van der Waals surface area contributed by atoms with Crippen LogP contribution in [0.15, 0.2) is 24.5 Å². The Morgan fingerprint density at radius 2 is 1.87 bits per heavy atom. The molecule has 0 saturated heterocycles. The zero-order valence-corrected chi connectivity index (χ0v) is 10.1. The number of aromatic nitrogens is 1. The van der Waals surface area contributed by atoms with E-state index in [1.165, 1.54) is 5.56 Å². The Morgan fingerprint density at radius 1 is 1.27 bits per heavy atom. The number of hydrogen-bond donors (Lipinski definition) is 1. The molecule has 1 heterocycles. The normalized spacial score (nSPS) is 15.3. The second-order valence-electron chi connectivity index (χ2n) is 4.22. The molecule has 0 aliphatic carbocycles. The molecule has 3 nitrogen and oxygen atoms in total. The maximum atomic E-state index is 4.02. The van der Waals surface area contributed by atoms with Crippen molar-refractivity contribution in [3.63, 3.8) is 0 Å². The van der Waals surface area contributed by atoms with Gasteiger partial charge in [0.1, 0.15) is 0 Å². The average Bonchev–Trinajstić information content (AvgIpc) is 2.26. The number of nitrogens with zero attached hydrogens (tertiary/aromatic N) is 2. The van der Waals surface area contributed by atoms with Crippen LogP contribution in [0.3, 0.4) is 0 Å². The fourth-order valence-corrected chi connectivity index (χ4v) is 1.30. The van der Waals surface area contributed by atoms with Gasteiger partial charge in [-0.3, -0.25) is 4.98 Å². The first-order chi connectivity index (χ1) is 7.11. The number of nitrogens with one attached hydrogen (secondary N) is 1. The lowest BCUT2D eigenvalue weighted by Crippen LogP contribution is -2.36. The molecule has 0 bridgehead atoms. The highest BCUT2D eigenvalue weighted by Crippen LogP contribution is 2.09. The van der Waals surface area contributed by atoms with E-state index in [1.807, 2.05) is 12.4 Å². The summed E-state index contributed by atoms with van der Waals surface area (Å²) in [6.07, 6.45) is 3.67. The first-order valence-corrected chi connectivity index (χ1v) is 5.41. The van der Waals surface area contributed by atoms with Crippen molar-refractivity contribution in [2.75, 3.05) is 20.6 Å². The van der Waals surface area contributed by atoms with Crippen LogP contribution in [0.4, 0.5) is 0 Å². The Kier molecular flexibility index (Phi) is 4.72. The molecule has 0 amide bonds. The van der Waals surface area contributed by atoms with Gasteiger partial charge in [0.25, 0.3) is 0 Å². The summed E-state index contributed by atoms with van der Waals surface area (Å²) in [6.45, 7) is 5.39. The summed E-state index contributed by atoms with van der Waals surface area (Å²) < 4.78 is 0. The fraction of sp³-hybridized carbons (Fsp3) is 0.583. The molecule has 84 valence electrons. The summed E-state index contributed by atoms with van der Waals surface area (Å²) in [5, 5.41) is 3.51. The Labute approximate surface area is 92.5 Å². The van der Waals surface area contributed by atoms with Crippen LogP contribution in [0.2, 0.25) is 0 Å². The third kappa shape index (κ3) is 3.98. The Balaban J connectivity index is 2.40. The average molecular weight is 207 g/mol. The molecule has 15 heavy (non-hydrogen) atoms. The Morgan fingerprint density at radius 3 is 2.40 bits per heavy atom. The van der Waals surface area contributed by atoms with Crippen LogP contribution < -0.4 is 5.32 Å². The van der Waals surface area contributed by atoms with Crippen molar-refractivity contribution in [2.45, 2.75) is 25.9 Å². The van der Waals surface area contributed by atoms with Gasteiger partial charge in [-0.25, -0.2) is 0 Å². The van der Waals surface area contributed by atoms with Crippen molar-refractivity contribution >= 4 is 0 Å². The van der Waals surface area contributed by atoms with E-state index in [-0.39, 0.29) is 0 Å². The number of hydrogen-bond acceptors (Lipinski definition) is 3. The van der Waals surface area contributed by atoms with Crippen LogP contribution >= 0.6 is 0 Å². The van der Waals surface area contributed by atoms with Gasteiger partial charge in [-0.15, -0.1) is 0 Å². The highest BCUT2D eigenvalue weighted by molar-refractivity contribution is 5.13. The lowest BCUT2D eigenvalue weighted by Gasteiger charge is -2.22. The molecule has 0 fully saturated rings. The maximum absolute atomic E-state index is 4.02. The van der Waals surface area contributed by atoms with Gasteiger partial charge >= 0.3 is 0 Å². The van der Waals surface area contributed by atoms with Crippen LogP contribution in [0.5, 0.6) is 0 Å². The Bertz CT molecular complexity index is 271. The maximum Gasteiger partial charge on any atom is 0.0293 e. The van der Waals surface area contributed by atoms with Gasteiger partial charge in [-0.1, -0.05) is 0 Å². The third-order valence-corrected chi connectivity index (χ3v) is 2.81. The van der Waals surface area contributed by atoms with E-state index in [1.54, 1.807) is 0 Å². The van der Waals surface area contributed by atoms with Crippen molar-refractivity contribution in [1.29, 1.82) is 0 Å². The molecule has 2 unspecified atom stereocenters. The zero-order valence-electron chi connectivity index (χ0n) is 10.1. The molecule has 0 spiro atoms. The second kappa shape index (κ2) is 5.83. The van der Waals surface area contributed by atoms with Crippen molar-refractivity contribution in [3.8, 4) is 0 Å². The van der Waals surface area contributed by atoms with Gasteiger partial charge in [0.05, 0.1) is 0 Å². The molecular weight excluding hydrogens is 186 g/mol. The van der Waals surface area contributed by atoms with Crippen molar-refractivity contribution in [3.05, 3.63) is 30.1 Å². The van der Waals surface area contributed by atoms with Gasteiger partial charge in [0.15, 0.2) is 0 Å². The Hall–Kier alpha value is -0.930. The predicted molar refractivity (Wildman–Crippen MR) is 63.8 cm³/mol. The first-order valence-electron chi connectivity index (χ1n) is 5.41. The lowest BCUT2D eigenvalue weighted by molar-refractivity contribution is 0.295. The number of likely N-dealkylation sites (N-methyl/N-ethyl adjacent to an activating group) is 1. The van der Waals surface area contributed by atoms with Gasteiger partial charge < -0.3 is 10.2 Å². The standard InChI is InChI=1S/C12H21N3/c1-10(15(3)4)9-14-11(2)12-5-7-13-8-6-12/h5-8,10-11,14H,9H2,1-4H3. The monoisotopic (exact) mass is 207 g/mol. The van der Waals surface area contributed by atoms with Crippen LogP contribution in [-0.2, 0) is 0 Å². The van der Waals surface area contributed by atoms with Crippen LogP contribution in [-0.4, -0.2) is 36.6 Å². The third-order valence-electron chi connectivity index (χ3n) is 2.81. The van der Waals surface area contributed by atoms with Gasteiger partial charge in [0, 0.05) is 31.0 Å². The summed E-state index contributed by atoms with van der Waals surface area (Å²) in [4.78, 5) is 6.23.